The van der Waals surface area contributed by atoms with Crippen molar-refractivity contribution in [2.75, 3.05) is 13.1 Å². The number of benzene rings is 1. The zero-order chi connectivity index (χ0) is 16.6. The Labute approximate surface area is 132 Å². The van der Waals surface area contributed by atoms with E-state index in [1.165, 1.54) is 0 Å². The molecule has 3 rings (SSSR count). The Kier molecular flexibility index (Phi) is 3.79. The van der Waals surface area contributed by atoms with Gasteiger partial charge in [-0.05, 0) is 37.6 Å². The molecule has 0 saturated carbocycles. The number of carbonyl (C=O) groups excluding carboxylic acids is 1. The maximum Gasteiger partial charge on any atom is 0.318 e. The molecule has 2 heterocycles. The summed E-state index contributed by atoms with van der Waals surface area (Å²) in [5.74, 6) is -2.74. The predicted molar refractivity (Wildman–Crippen MR) is 81.8 cm³/mol. The monoisotopic (exact) mass is 320 g/mol. The molecule has 0 spiro atoms. The van der Waals surface area contributed by atoms with Gasteiger partial charge in [-0.2, -0.15) is 5.10 Å². The molecule has 1 aromatic heterocycles. The van der Waals surface area contributed by atoms with Crippen LogP contribution in [-0.2, 0) is 6.54 Å². The fourth-order valence-corrected chi connectivity index (χ4v) is 2.63. The van der Waals surface area contributed by atoms with Crippen molar-refractivity contribution >= 4 is 6.03 Å². The van der Waals surface area contributed by atoms with Gasteiger partial charge in [0.1, 0.15) is 0 Å². The summed E-state index contributed by atoms with van der Waals surface area (Å²) in [4.78, 5) is 12.9. The molecule has 2 aromatic rings. The zero-order valence-corrected chi connectivity index (χ0v) is 13.0. The molecule has 0 aliphatic carbocycles. The molecule has 122 valence electrons. The maximum absolute atomic E-state index is 12.8. The van der Waals surface area contributed by atoms with Gasteiger partial charge in [-0.3, -0.25) is 0 Å². The van der Waals surface area contributed by atoms with E-state index in [0.717, 1.165) is 27.5 Å². The van der Waals surface area contributed by atoms with E-state index in [1.807, 2.05) is 48.9 Å². The van der Waals surface area contributed by atoms with Gasteiger partial charge in [0.2, 0.25) is 0 Å². The van der Waals surface area contributed by atoms with Crippen molar-refractivity contribution in [3.8, 4) is 5.69 Å². The fraction of sp³-hybridized carbons (Fsp3) is 0.375. The lowest BCUT2D eigenvalue weighted by molar-refractivity contribution is -0.109. The Morgan fingerprint density at radius 2 is 2.04 bits per heavy atom. The van der Waals surface area contributed by atoms with E-state index in [-0.39, 0.29) is 6.54 Å². The number of hydrogen-bond acceptors (Lipinski definition) is 2. The molecule has 1 fully saturated rings. The fourth-order valence-electron chi connectivity index (χ4n) is 2.63. The average molecular weight is 320 g/mol. The Balaban J connectivity index is 1.64. The van der Waals surface area contributed by atoms with Gasteiger partial charge in [0.05, 0.1) is 24.5 Å². The molecule has 0 unspecified atom stereocenters. The number of rotatable bonds is 3. The number of aryl methyl sites for hydroxylation is 2. The van der Waals surface area contributed by atoms with Crippen LogP contribution in [0.2, 0.25) is 0 Å². The van der Waals surface area contributed by atoms with E-state index in [4.69, 9.17) is 0 Å². The number of halogens is 2. The van der Waals surface area contributed by atoms with Crippen LogP contribution >= 0.6 is 0 Å². The first kappa shape index (κ1) is 15.5. The number of aromatic nitrogens is 2. The van der Waals surface area contributed by atoms with E-state index in [9.17, 15) is 13.6 Å². The molecular formula is C16H18F2N4O. The first-order valence-corrected chi connectivity index (χ1v) is 7.37. The van der Waals surface area contributed by atoms with E-state index in [2.05, 4.69) is 10.4 Å². The number of alkyl halides is 2. The average Bonchev–Trinajstić information content (AvgIpc) is 2.81. The third-order valence-electron chi connectivity index (χ3n) is 3.74. The summed E-state index contributed by atoms with van der Waals surface area (Å²) in [6, 6.07) is 9.13. The number of amides is 2. The molecule has 1 aromatic carbocycles. The minimum Gasteiger partial charge on any atom is -0.334 e. The lowest BCUT2D eigenvalue weighted by atomic mass is 10.1. The third kappa shape index (κ3) is 3.33. The number of hydrogen-bond donors (Lipinski definition) is 1. The van der Waals surface area contributed by atoms with Crippen molar-refractivity contribution in [1.82, 2.24) is 20.0 Å². The van der Waals surface area contributed by atoms with Gasteiger partial charge in [0, 0.05) is 12.2 Å². The third-order valence-corrected chi connectivity index (χ3v) is 3.74. The second-order valence-electron chi connectivity index (χ2n) is 5.88. The predicted octanol–water partition coefficient (Wildman–Crippen LogP) is 2.65. The smallest absolute Gasteiger partial charge is 0.318 e. The van der Waals surface area contributed by atoms with Crippen LogP contribution in [0.15, 0.2) is 30.3 Å². The van der Waals surface area contributed by atoms with Crippen LogP contribution in [0.1, 0.15) is 17.0 Å². The summed E-state index contributed by atoms with van der Waals surface area (Å²) < 4.78 is 27.4. The van der Waals surface area contributed by atoms with Gasteiger partial charge in [-0.1, -0.05) is 12.1 Å². The molecular weight excluding hydrogens is 302 g/mol. The molecule has 1 aliphatic heterocycles. The molecule has 1 aliphatic rings. The van der Waals surface area contributed by atoms with Crippen LogP contribution in [0.5, 0.6) is 0 Å². The van der Waals surface area contributed by atoms with Crippen LogP contribution in [0, 0.1) is 13.8 Å². The minimum absolute atomic E-state index is 0.286. The molecule has 7 heteroatoms. The minimum atomic E-state index is -2.74. The molecule has 5 nitrogen and oxygen atoms in total. The summed E-state index contributed by atoms with van der Waals surface area (Å²) in [5, 5.41) is 7.08. The molecule has 1 saturated heterocycles. The number of nitrogens with one attached hydrogen (secondary N) is 1. The molecule has 0 atom stereocenters. The van der Waals surface area contributed by atoms with Crippen molar-refractivity contribution in [2.24, 2.45) is 0 Å². The summed E-state index contributed by atoms with van der Waals surface area (Å²) in [5.41, 5.74) is 3.74. The SMILES string of the molecule is Cc1cc(C)n(-c2cccc(CNC(=O)N3CC(F)(F)C3)c2)n1. The van der Waals surface area contributed by atoms with Crippen molar-refractivity contribution in [1.29, 1.82) is 0 Å². The van der Waals surface area contributed by atoms with Gasteiger partial charge < -0.3 is 10.2 Å². The van der Waals surface area contributed by atoms with Crippen LogP contribution < -0.4 is 5.32 Å². The van der Waals surface area contributed by atoms with Gasteiger partial charge in [0.15, 0.2) is 0 Å². The quantitative estimate of drug-likeness (QED) is 0.945. The van der Waals surface area contributed by atoms with Crippen molar-refractivity contribution in [3.05, 3.63) is 47.3 Å². The lowest BCUT2D eigenvalue weighted by Crippen LogP contribution is -2.60. The standard InChI is InChI=1S/C16H18F2N4O/c1-11-6-12(2)22(20-11)14-5-3-4-13(7-14)8-19-15(23)21-9-16(17,18)10-21/h3-7H,8-10H2,1-2H3,(H,19,23). The first-order chi connectivity index (χ1) is 10.8. The molecule has 23 heavy (non-hydrogen) atoms. The molecule has 0 bridgehead atoms. The number of carbonyl (C=O) groups is 1. The van der Waals surface area contributed by atoms with Crippen molar-refractivity contribution in [2.45, 2.75) is 26.3 Å². The number of likely N-dealkylation sites (tertiary alicyclic amines) is 1. The lowest BCUT2D eigenvalue weighted by Gasteiger charge is -2.38. The van der Waals surface area contributed by atoms with E-state index in [1.54, 1.807) is 0 Å². The zero-order valence-electron chi connectivity index (χ0n) is 13.0. The molecule has 2 amide bonds. The Morgan fingerprint density at radius 1 is 1.30 bits per heavy atom. The van der Waals surface area contributed by atoms with Crippen LogP contribution in [0.25, 0.3) is 5.69 Å². The van der Waals surface area contributed by atoms with Crippen molar-refractivity contribution < 1.29 is 13.6 Å². The number of urea groups is 1. The van der Waals surface area contributed by atoms with Crippen LogP contribution in [0.4, 0.5) is 13.6 Å². The van der Waals surface area contributed by atoms with Crippen LogP contribution in [-0.4, -0.2) is 39.7 Å². The van der Waals surface area contributed by atoms with Gasteiger partial charge >= 0.3 is 6.03 Å². The summed E-state index contributed by atoms with van der Waals surface area (Å²) in [7, 11) is 0. The normalized spacial score (nSPS) is 16.1. The Hall–Kier alpha value is -2.44. The first-order valence-electron chi connectivity index (χ1n) is 7.37. The largest absolute Gasteiger partial charge is 0.334 e. The van der Waals surface area contributed by atoms with Crippen LogP contribution in [0.3, 0.4) is 0 Å². The highest BCUT2D eigenvalue weighted by Gasteiger charge is 2.46. The van der Waals surface area contributed by atoms with Gasteiger partial charge in [-0.15, -0.1) is 0 Å². The summed E-state index contributed by atoms with van der Waals surface area (Å²) >= 11 is 0. The molecule has 1 N–H and O–H groups in total. The second-order valence-corrected chi connectivity index (χ2v) is 5.88. The highest BCUT2D eigenvalue weighted by molar-refractivity contribution is 5.75. The van der Waals surface area contributed by atoms with Gasteiger partial charge in [-0.25, -0.2) is 18.3 Å². The number of nitrogens with zero attached hydrogens (tertiary/aromatic N) is 3. The van der Waals surface area contributed by atoms with Gasteiger partial charge in [0.25, 0.3) is 5.92 Å². The molecule has 0 radical (unpaired) electrons. The van der Waals surface area contributed by atoms with E-state index in [0.29, 0.717) is 0 Å². The van der Waals surface area contributed by atoms with E-state index < -0.39 is 25.0 Å². The topological polar surface area (TPSA) is 50.2 Å². The summed E-state index contributed by atoms with van der Waals surface area (Å²) in [6.45, 7) is 3.16. The highest BCUT2D eigenvalue weighted by Crippen LogP contribution is 2.26. The maximum atomic E-state index is 12.8. The van der Waals surface area contributed by atoms with E-state index >= 15 is 0 Å². The second kappa shape index (κ2) is 5.64. The Morgan fingerprint density at radius 3 is 2.65 bits per heavy atom. The Bertz CT molecular complexity index is 733. The highest BCUT2D eigenvalue weighted by atomic mass is 19.3. The van der Waals surface area contributed by atoms with Crippen molar-refractivity contribution in [3.63, 3.8) is 0 Å². The summed E-state index contributed by atoms with van der Waals surface area (Å²) in [6.07, 6.45) is 0.